The van der Waals surface area contributed by atoms with Crippen LogP contribution >= 0.6 is 23.2 Å². The van der Waals surface area contributed by atoms with Crippen LogP contribution in [0.4, 0.5) is 10.5 Å². The lowest BCUT2D eigenvalue weighted by atomic mass is 10.2. The minimum absolute atomic E-state index is 0.0182. The van der Waals surface area contributed by atoms with E-state index in [0.717, 1.165) is 0 Å². The Morgan fingerprint density at radius 2 is 2.14 bits per heavy atom. The highest BCUT2D eigenvalue weighted by Crippen LogP contribution is 2.26. The van der Waals surface area contributed by atoms with Crippen molar-refractivity contribution in [1.82, 2.24) is 4.90 Å². The minimum Gasteiger partial charge on any atom is -0.317 e. The molecule has 1 aromatic rings. The van der Waals surface area contributed by atoms with E-state index < -0.39 is 9.84 Å². The van der Waals surface area contributed by atoms with Gasteiger partial charge in [-0.05, 0) is 24.6 Å². The van der Waals surface area contributed by atoms with Gasteiger partial charge < -0.3 is 10.2 Å². The first-order valence-corrected chi connectivity index (χ1v) is 9.24. The van der Waals surface area contributed by atoms with Crippen molar-refractivity contribution in [2.75, 3.05) is 23.4 Å². The van der Waals surface area contributed by atoms with Gasteiger partial charge in [-0.1, -0.05) is 29.3 Å². The molecule has 1 atom stereocenters. The van der Waals surface area contributed by atoms with E-state index in [2.05, 4.69) is 11.9 Å². The predicted octanol–water partition coefficient (Wildman–Crippen LogP) is 3.20. The first-order chi connectivity index (χ1) is 10.3. The molecule has 1 aliphatic rings. The van der Waals surface area contributed by atoms with E-state index in [1.54, 1.807) is 24.3 Å². The fraction of sp³-hybridized carbons (Fsp3) is 0.357. The Bertz CT molecular complexity index is 691. The summed E-state index contributed by atoms with van der Waals surface area (Å²) in [7, 11) is -3.07. The maximum atomic E-state index is 12.4. The molecule has 1 saturated heterocycles. The molecule has 120 valence electrons. The fourth-order valence-corrected chi connectivity index (χ4v) is 4.36. The van der Waals surface area contributed by atoms with Gasteiger partial charge in [-0.15, -0.1) is 6.58 Å². The Labute approximate surface area is 139 Å². The van der Waals surface area contributed by atoms with Crippen LogP contribution in [0, 0.1) is 0 Å². The van der Waals surface area contributed by atoms with Gasteiger partial charge in [-0.3, -0.25) is 0 Å². The molecule has 0 bridgehead atoms. The molecule has 8 heteroatoms. The second-order valence-corrected chi connectivity index (χ2v) is 8.10. The van der Waals surface area contributed by atoms with Crippen LogP contribution in [0.2, 0.25) is 10.0 Å². The van der Waals surface area contributed by atoms with Crippen LogP contribution in [0.25, 0.3) is 0 Å². The lowest BCUT2D eigenvalue weighted by molar-refractivity contribution is 0.201. The summed E-state index contributed by atoms with van der Waals surface area (Å²) in [5, 5.41) is 3.43. The molecule has 0 radical (unpaired) electrons. The van der Waals surface area contributed by atoms with E-state index in [-0.39, 0.29) is 30.1 Å². The van der Waals surface area contributed by atoms with E-state index in [1.165, 1.54) is 4.90 Å². The normalized spacial score (nSPS) is 19.6. The summed E-state index contributed by atoms with van der Waals surface area (Å²) in [4.78, 5) is 13.9. The highest BCUT2D eigenvalue weighted by atomic mass is 35.5. The average Bonchev–Trinajstić information content (AvgIpc) is 2.80. The lowest BCUT2D eigenvalue weighted by Gasteiger charge is -2.27. The van der Waals surface area contributed by atoms with Crippen LogP contribution < -0.4 is 5.32 Å². The first kappa shape index (κ1) is 17.1. The van der Waals surface area contributed by atoms with Crippen LogP contribution in [0.15, 0.2) is 30.9 Å². The molecule has 0 saturated carbocycles. The number of nitrogens with one attached hydrogen (secondary N) is 1. The highest BCUT2D eigenvalue weighted by molar-refractivity contribution is 7.91. The van der Waals surface area contributed by atoms with Gasteiger partial charge in [0.2, 0.25) is 0 Å². The maximum absolute atomic E-state index is 12.4. The molecule has 2 rings (SSSR count). The number of halogens is 2. The number of nitrogens with zero attached hydrogens (tertiary/aromatic N) is 1. The van der Waals surface area contributed by atoms with Gasteiger partial charge in [0.25, 0.3) is 0 Å². The molecule has 0 aliphatic carbocycles. The predicted molar refractivity (Wildman–Crippen MR) is 89.4 cm³/mol. The third-order valence-corrected chi connectivity index (χ3v) is 5.90. The standard InChI is InChI=1S/C14H16Cl2N2O3S/c1-2-6-18(11-5-7-22(20,21)9-11)14(19)17-10-3-4-12(15)13(16)8-10/h2-4,8,11H,1,5-7,9H2,(H,17,19)/t11-/m0/s1. The number of hydrogen-bond donors (Lipinski definition) is 1. The number of sulfone groups is 1. The lowest BCUT2D eigenvalue weighted by Crippen LogP contribution is -2.43. The number of rotatable bonds is 4. The van der Waals surface area contributed by atoms with Crippen molar-refractivity contribution in [3.05, 3.63) is 40.9 Å². The van der Waals surface area contributed by atoms with Gasteiger partial charge in [0.1, 0.15) is 0 Å². The maximum Gasteiger partial charge on any atom is 0.322 e. The molecule has 1 N–H and O–H groups in total. The first-order valence-electron chi connectivity index (χ1n) is 6.66. The van der Waals surface area contributed by atoms with E-state index in [4.69, 9.17) is 23.2 Å². The molecule has 0 spiro atoms. The monoisotopic (exact) mass is 362 g/mol. The van der Waals surface area contributed by atoms with E-state index in [0.29, 0.717) is 22.2 Å². The Balaban J connectivity index is 2.12. The molecule has 1 aliphatic heterocycles. The van der Waals surface area contributed by atoms with Crippen molar-refractivity contribution in [3.8, 4) is 0 Å². The zero-order valence-corrected chi connectivity index (χ0v) is 14.1. The number of benzene rings is 1. The molecule has 0 aromatic heterocycles. The number of anilines is 1. The largest absolute Gasteiger partial charge is 0.322 e. The van der Waals surface area contributed by atoms with Crippen molar-refractivity contribution in [1.29, 1.82) is 0 Å². The zero-order valence-electron chi connectivity index (χ0n) is 11.8. The number of urea groups is 1. The molecule has 1 aromatic carbocycles. The summed E-state index contributed by atoms with van der Waals surface area (Å²) in [5.74, 6) is 0.0843. The van der Waals surface area contributed by atoms with Gasteiger partial charge in [-0.2, -0.15) is 0 Å². The minimum atomic E-state index is -3.07. The Morgan fingerprint density at radius 3 is 2.68 bits per heavy atom. The van der Waals surface area contributed by atoms with Gasteiger partial charge in [-0.25, -0.2) is 13.2 Å². The van der Waals surface area contributed by atoms with Crippen LogP contribution in [-0.2, 0) is 9.84 Å². The van der Waals surface area contributed by atoms with Crippen molar-refractivity contribution in [2.24, 2.45) is 0 Å². The van der Waals surface area contributed by atoms with Gasteiger partial charge in [0, 0.05) is 18.3 Å². The Morgan fingerprint density at radius 1 is 1.41 bits per heavy atom. The zero-order chi connectivity index (χ0) is 16.3. The summed E-state index contributed by atoms with van der Waals surface area (Å²) in [6.07, 6.45) is 2.00. The summed E-state index contributed by atoms with van der Waals surface area (Å²) in [5.41, 5.74) is 0.495. The molecule has 22 heavy (non-hydrogen) atoms. The van der Waals surface area contributed by atoms with Crippen molar-refractivity contribution in [3.63, 3.8) is 0 Å². The van der Waals surface area contributed by atoms with Crippen molar-refractivity contribution >= 4 is 44.8 Å². The second kappa shape index (κ2) is 6.89. The smallest absolute Gasteiger partial charge is 0.317 e. The average molecular weight is 363 g/mol. The summed E-state index contributed by atoms with van der Waals surface area (Å²) >= 11 is 11.7. The van der Waals surface area contributed by atoms with Gasteiger partial charge in [0.15, 0.2) is 9.84 Å². The summed E-state index contributed by atoms with van der Waals surface area (Å²) in [6, 6.07) is 4.02. The SMILES string of the molecule is C=CCN(C(=O)Nc1ccc(Cl)c(Cl)c1)[C@H]1CCS(=O)(=O)C1. The molecule has 0 unspecified atom stereocenters. The number of carbonyl (C=O) groups is 1. The van der Waals surface area contributed by atoms with E-state index in [9.17, 15) is 13.2 Å². The van der Waals surface area contributed by atoms with E-state index >= 15 is 0 Å². The third-order valence-electron chi connectivity index (χ3n) is 3.41. The van der Waals surface area contributed by atoms with Crippen molar-refractivity contribution < 1.29 is 13.2 Å². The van der Waals surface area contributed by atoms with E-state index in [1.807, 2.05) is 0 Å². The van der Waals surface area contributed by atoms with Crippen LogP contribution in [0.1, 0.15) is 6.42 Å². The number of amides is 2. The quantitative estimate of drug-likeness (QED) is 0.836. The van der Waals surface area contributed by atoms with Crippen LogP contribution in [0.5, 0.6) is 0 Å². The van der Waals surface area contributed by atoms with Gasteiger partial charge in [0.05, 0.1) is 21.6 Å². The molecule has 1 heterocycles. The topological polar surface area (TPSA) is 66.5 Å². The summed E-state index contributed by atoms with van der Waals surface area (Å²) in [6.45, 7) is 3.88. The molecular formula is C14H16Cl2N2O3S. The Kier molecular flexibility index (Phi) is 5.36. The molecular weight excluding hydrogens is 347 g/mol. The molecule has 2 amide bonds. The second-order valence-electron chi connectivity index (χ2n) is 5.06. The number of carbonyl (C=O) groups excluding carboxylic acids is 1. The molecule has 1 fully saturated rings. The van der Waals surface area contributed by atoms with Crippen LogP contribution in [0.3, 0.4) is 0 Å². The Hall–Kier alpha value is -1.24. The highest BCUT2D eigenvalue weighted by Gasteiger charge is 2.34. The fourth-order valence-electron chi connectivity index (χ4n) is 2.33. The summed E-state index contributed by atoms with van der Waals surface area (Å²) < 4.78 is 23.2. The van der Waals surface area contributed by atoms with Crippen molar-refractivity contribution in [2.45, 2.75) is 12.5 Å². The van der Waals surface area contributed by atoms with Crippen LogP contribution in [-0.4, -0.2) is 43.4 Å². The van der Waals surface area contributed by atoms with Gasteiger partial charge >= 0.3 is 6.03 Å². The molecule has 5 nitrogen and oxygen atoms in total. The third kappa shape index (κ3) is 4.15. The number of hydrogen-bond acceptors (Lipinski definition) is 3.